The lowest BCUT2D eigenvalue weighted by Crippen LogP contribution is -2.26. The van der Waals surface area contributed by atoms with E-state index in [0.717, 1.165) is 0 Å². The van der Waals surface area contributed by atoms with Gasteiger partial charge in [-0.3, -0.25) is 14.4 Å². The topological polar surface area (TPSA) is 74.7 Å². The Balaban J connectivity index is 2.94. The highest BCUT2D eigenvalue weighted by Crippen LogP contribution is 2.22. The Bertz CT molecular complexity index is 330. The molecular formula is C10H11NO4. The van der Waals surface area contributed by atoms with Crippen LogP contribution in [0.3, 0.4) is 0 Å². The van der Waals surface area contributed by atoms with E-state index in [-0.39, 0.29) is 12.5 Å². The normalized spacial score (nSPS) is 16.7. The van der Waals surface area contributed by atoms with Crippen LogP contribution < -0.4 is 0 Å². The fourth-order valence-electron chi connectivity index (χ4n) is 1.35. The van der Waals surface area contributed by atoms with Crippen LogP contribution in [0.5, 0.6) is 0 Å². The predicted molar refractivity (Wildman–Crippen MR) is 51.8 cm³/mol. The SMILES string of the molecule is CC1C(C=O)=CN(CC(=O)O)C=C1C=O. The first-order valence-corrected chi connectivity index (χ1v) is 4.39. The number of carbonyl (C=O) groups is 3. The van der Waals surface area contributed by atoms with E-state index in [1.54, 1.807) is 6.92 Å². The van der Waals surface area contributed by atoms with Crippen LogP contribution in [-0.4, -0.2) is 35.1 Å². The zero-order valence-electron chi connectivity index (χ0n) is 8.21. The van der Waals surface area contributed by atoms with Crippen molar-refractivity contribution >= 4 is 18.5 Å². The van der Waals surface area contributed by atoms with Crippen LogP contribution in [0.25, 0.3) is 0 Å². The van der Waals surface area contributed by atoms with E-state index in [4.69, 9.17) is 5.11 Å². The summed E-state index contributed by atoms with van der Waals surface area (Å²) in [7, 11) is 0. The molecule has 0 saturated carbocycles. The molecule has 0 aliphatic carbocycles. The summed E-state index contributed by atoms with van der Waals surface area (Å²) in [5.41, 5.74) is 0.807. The molecule has 0 radical (unpaired) electrons. The third kappa shape index (κ3) is 2.52. The number of rotatable bonds is 4. The lowest BCUT2D eigenvalue weighted by molar-refractivity contribution is -0.137. The largest absolute Gasteiger partial charge is 0.480 e. The Morgan fingerprint density at radius 3 is 2.20 bits per heavy atom. The molecule has 0 unspecified atom stereocenters. The summed E-state index contributed by atoms with van der Waals surface area (Å²) in [6, 6.07) is 0. The van der Waals surface area contributed by atoms with Crippen LogP contribution in [0.2, 0.25) is 0 Å². The fourth-order valence-corrected chi connectivity index (χ4v) is 1.35. The Kier molecular flexibility index (Phi) is 3.38. The average Bonchev–Trinajstić information content (AvgIpc) is 2.19. The van der Waals surface area contributed by atoms with Gasteiger partial charge >= 0.3 is 5.97 Å². The highest BCUT2D eigenvalue weighted by atomic mass is 16.4. The molecule has 5 nitrogen and oxygen atoms in total. The van der Waals surface area contributed by atoms with Gasteiger partial charge < -0.3 is 10.0 Å². The monoisotopic (exact) mass is 209 g/mol. The molecule has 15 heavy (non-hydrogen) atoms. The van der Waals surface area contributed by atoms with Crippen molar-refractivity contribution in [1.82, 2.24) is 4.90 Å². The molecule has 0 aromatic rings. The molecule has 0 aromatic carbocycles. The van der Waals surface area contributed by atoms with Gasteiger partial charge in [0.1, 0.15) is 19.1 Å². The molecule has 80 valence electrons. The second-order valence-electron chi connectivity index (χ2n) is 3.28. The van der Waals surface area contributed by atoms with Crippen molar-refractivity contribution in [3.63, 3.8) is 0 Å². The maximum Gasteiger partial charge on any atom is 0.323 e. The number of allylic oxidation sites excluding steroid dienone is 2. The van der Waals surface area contributed by atoms with Crippen molar-refractivity contribution in [2.45, 2.75) is 6.92 Å². The highest BCUT2D eigenvalue weighted by Gasteiger charge is 2.20. The number of carboxylic acids is 1. The number of hydrogen-bond acceptors (Lipinski definition) is 4. The summed E-state index contributed by atoms with van der Waals surface area (Å²) in [5, 5.41) is 8.57. The van der Waals surface area contributed by atoms with Gasteiger partial charge in [0.2, 0.25) is 0 Å². The molecule has 0 spiro atoms. The third-order valence-corrected chi connectivity index (χ3v) is 2.22. The van der Waals surface area contributed by atoms with Crippen molar-refractivity contribution in [2.24, 2.45) is 5.92 Å². The minimum absolute atomic E-state index is 0.263. The lowest BCUT2D eigenvalue weighted by Gasteiger charge is -2.24. The first kappa shape index (κ1) is 11.2. The standard InChI is InChI=1S/C10H11NO4/c1-7-8(5-12)2-11(4-10(14)15)3-9(7)6-13/h2-3,5-7H,4H2,1H3,(H,14,15). The van der Waals surface area contributed by atoms with E-state index in [0.29, 0.717) is 23.7 Å². The Hall–Kier alpha value is -1.91. The van der Waals surface area contributed by atoms with Crippen LogP contribution in [0, 0.1) is 5.92 Å². The van der Waals surface area contributed by atoms with Gasteiger partial charge in [-0.05, 0) is 0 Å². The smallest absolute Gasteiger partial charge is 0.323 e. The van der Waals surface area contributed by atoms with Crippen molar-refractivity contribution in [1.29, 1.82) is 0 Å². The molecule has 5 heteroatoms. The second-order valence-corrected chi connectivity index (χ2v) is 3.28. The van der Waals surface area contributed by atoms with E-state index in [1.165, 1.54) is 17.3 Å². The van der Waals surface area contributed by atoms with E-state index < -0.39 is 5.97 Å². The van der Waals surface area contributed by atoms with Crippen LogP contribution in [0.4, 0.5) is 0 Å². The summed E-state index contributed by atoms with van der Waals surface area (Å²) >= 11 is 0. The van der Waals surface area contributed by atoms with Gasteiger partial charge in [-0.2, -0.15) is 0 Å². The number of nitrogens with zero attached hydrogens (tertiary/aromatic N) is 1. The fraction of sp³-hybridized carbons (Fsp3) is 0.300. The molecule has 0 fully saturated rings. The molecule has 1 rings (SSSR count). The maximum absolute atomic E-state index is 10.7. The summed E-state index contributed by atoms with van der Waals surface area (Å²) in [5.74, 6) is -1.29. The first-order chi connectivity index (χ1) is 7.08. The first-order valence-electron chi connectivity index (χ1n) is 4.39. The molecule has 1 aliphatic rings. The zero-order chi connectivity index (χ0) is 11.4. The van der Waals surface area contributed by atoms with Crippen LogP contribution in [0.15, 0.2) is 23.5 Å². The summed E-state index contributed by atoms with van der Waals surface area (Å²) in [6.45, 7) is 1.46. The van der Waals surface area contributed by atoms with Gasteiger partial charge in [0.05, 0.1) is 0 Å². The van der Waals surface area contributed by atoms with Gasteiger partial charge in [0.15, 0.2) is 0 Å². The number of aldehydes is 2. The minimum atomic E-state index is -1.02. The lowest BCUT2D eigenvalue weighted by atomic mass is 9.93. The van der Waals surface area contributed by atoms with Crippen LogP contribution in [0.1, 0.15) is 6.92 Å². The summed E-state index contributed by atoms with van der Waals surface area (Å²) < 4.78 is 0. The average molecular weight is 209 g/mol. The van der Waals surface area contributed by atoms with E-state index in [1.807, 2.05) is 0 Å². The Labute approximate surface area is 86.7 Å². The van der Waals surface area contributed by atoms with Crippen molar-refractivity contribution < 1.29 is 19.5 Å². The maximum atomic E-state index is 10.7. The summed E-state index contributed by atoms with van der Waals surface area (Å²) in [4.78, 5) is 33.1. The third-order valence-electron chi connectivity index (χ3n) is 2.22. The van der Waals surface area contributed by atoms with Gasteiger partial charge in [-0.25, -0.2) is 0 Å². The number of aliphatic carboxylic acids is 1. The zero-order valence-corrected chi connectivity index (χ0v) is 8.21. The molecule has 1 heterocycles. The number of carboxylic acid groups (broad SMARTS) is 1. The van der Waals surface area contributed by atoms with Gasteiger partial charge in [0, 0.05) is 29.5 Å². The van der Waals surface area contributed by atoms with E-state index >= 15 is 0 Å². The van der Waals surface area contributed by atoms with E-state index in [2.05, 4.69) is 0 Å². The van der Waals surface area contributed by atoms with E-state index in [9.17, 15) is 14.4 Å². The molecule has 0 saturated heterocycles. The number of carbonyl (C=O) groups excluding carboxylic acids is 2. The molecule has 0 bridgehead atoms. The quantitative estimate of drug-likeness (QED) is 0.669. The number of hydrogen-bond donors (Lipinski definition) is 1. The molecular weight excluding hydrogens is 198 g/mol. The molecule has 0 atom stereocenters. The van der Waals surface area contributed by atoms with Gasteiger partial charge in [-0.1, -0.05) is 6.92 Å². The second kappa shape index (κ2) is 4.54. The van der Waals surface area contributed by atoms with Gasteiger partial charge in [0.25, 0.3) is 0 Å². The molecule has 0 amide bonds. The van der Waals surface area contributed by atoms with Crippen molar-refractivity contribution in [2.75, 3.05) is 6.54 Å². The minimum Gasteiger partial charge on any atom is -0.480 e. The van der Waals surface area contributed by atoms with Crippen LogP contribution in [-0.2, 0) is 14.4 Å². The molecule has 1 aliphatic heterocycles. The van der Waals surface area contributed by atoms with Crippen molar-refractivity contribution in [3.05, 3.63) is 23.5 Å². The van der Waals surface area contributed by atoms with Crippen LogP contribution >= 0.6 is 0 Å². The van der Waals surface area contributed by atoms with Gasteiger partial charge in [-0.15, -0.1) is 0 Å². The highest BCUT2D eigenvalue weighted by molar-refractivity contribution is 5.83. The molecule has 1 N–H and O–H groups in total. The Morgan fingerprint density at radius 1 is 1.40 bits per heavy atom. The van der Waals surface area contributed by atoms with Crippen molar-refractivity contribution in [3.8, 4) is 0 Å². The Morgan fingerprint density at radius 2 is 1.87 bits per heavy atom. The predicted octanol–water partition coefficient (Wildman–Crippen LogP) is 0.188. The summed E-state index contributed by atoms with van der Waals surface area (Å²) in [6.07, 6.45) is 4.16. The molecule has 0 aromatic heterocycles.